The maximum absolute atomic E-state index is 12.5. The second-order valence-corrected chi connectivity index (χ2v) is 5.86. The quantitative estimate of drug-likeness (QED) is 0.776. The monoisotopic (exact) mass is 419 g/mol. The van der Waals surface area contributed by atoms with Crippen molar-refractivity contribution in [3.05, 3.63) is 47.9 Å². The van der Waals surface area contributed by atoms with E-state index >= 15 is 0 Å². The number of anilines is 1. The third-order valence-corrected chi connectivity index (χ3v) is 3.99. The third kappa shape index (κ3) is 4.96. The van der Waals surface area contributed by atoms with E-state index in [4.69, 9.17) is 10.2 Å². The molecule has 3 rings (SSSR count). The maximum atomic E-state index is 12.5. The van der Waals surface area contributed by atoms with E-state index in [1.54, 1.807) is 0 Å². The predicted molar refractivity (Wildman–Crippen MR) is 95.2 cm³/mol. The molecule has 0 spiro atoms. The van der Waals surface area contributed by atoms with E-state index < -0.39 is 30.0 Å². The fourth-order valence-corrected chi connectivity index (χ4v) is 2.77. The SMILES string of the molecule is Cl.NCc1cc(C(=O)NC2CCN(c3cccc(OC(F)(F)F)c3)C2=O)co1. The molecule has 11 heteroatoms. The van der Waals surface area contributed by atoms with Gasteiger partial charge in [0.15, 0.2) is 0 Å². The fourth-order valence-electron chi connectivity index (χ4n) is 2.77. The number of alkyl halides is 3. The molecule has 1 saturated heterocycles. The Balaban J connectivity index is 0.00000280. The average molecular weight is 420 g/mol. The zero-order chi connectivity index (χ0) is 19.6. The van der Waals surface area contributed by atoms with Crippen LogP contribution in [0.1, 0.15) is 22.5 Å². The van der Waals surface area contributed by atoms with Gasteiger partial charge in [-0.15, -0.1) is 25.6 Å². The number of furan rings is 1. The van der Waals surface area contributed by atoms with E-state index in [0.29, 0.717) is 12.2 Å². The van der Waals surface area contributed by atoms with Crippen molar-refractivity contribution in [3.8, 4) is 5.75 Å². The molecule has 3 N–H and O–H groups in total. The molecular formula is C17H17ClF3N3O4. The van der Waals surface area contributed by atoms with Gasteiger partial charge in [-0.05, 0) is 24.6 Å². The average Bonchev–Trinajstić information content (AvgIpc) is 3.21. The van der Waals surface area contributed by atoms with Crippen molar-refractivity contribution in [2.75, 3.05) is 11.4 Å². The van der Waals surface area contributed by atoms with Crippen molar-refractivity contribution in [2.45, 2.75) is 25.4 Å². The van der Waals surface area contributed by atoms with Crippen LogP contribution in [0.3, 0.4) is 0 Å². The van der Waals surface area contributed by atoms with Crippen molar-refractivity contribution in [1.29, 1.82) is 0 Å². The van der Waals surface area contributed by atoms with Crippen LogP contribution in [0.5, 0.6) is 5.75 Å². The number of nitrogens with zero attached hydrogens (tertiary/aromatic N) is 1. The minimum atomic E-state index is -4.82. The number of hydrogen-bond acceptors (Lipinski definition) is 5. The van der Waals surface area contributed by atoms with Crippen molar-refractivity contribution in [1.82, 2.24) is 5.32 Å². The van der Waals surface area contributed by atoms with Crippen LogP contribution in [0.4, 0.5) is 18.9 Å². The molecule has 2 aromatic rings. The number of ether oxygens (including phenoxy) is 1. The molecule has 2 heterocycles. The van der Waals surface area contributed by atoms with Gasteiger partial charge in [-0.3, -0.25) is 9.59 Å². The van der Waals surface area contributed by atoms with Crippen LogP contribution in [-0.2, 0) is 11.3 Å². The highest BCUT2D eigenvalue weighted by Crippen LogP contribution is 2.29. The van der Waals surface area contributed by atoms with Gasteiger partial charge in [0.1, 0.15) is 23.8 Å². The maximum Gasteiger partial charge on any atom is 0.573 e. The summed E-state index contributed by atoms with van der Waals surface area (Å²) in [7, 11) is 0. The molecule has 0 saturated carbocycles. The molecule has 0 bridgehead atoms. The molecule has 152 valence electrons. The Morgan fingerprint density at radius 1 is 1.36 bits per heavy atom. The molecule has 0 aliphatic carbocycles. The molecule has 7 nitrogen and oxygen atoms in total. The number of rotatable bonds is 5. The van der Waals surface area contributed by atoms with Crippen molar-refractivity contribution >= 4 is 29.9 Å². The highest BCUT2D eigenvalue weighted by molar-refractivity contribution is 6.03. The second kappa shape index (κ2) is 8.53. The van der Waals surface area contributed by atoms with Crippen molar-refractivity contribution < 1.29 is 31.9 Å². The van der Waals surface area contributed by atoms with Crippen molar-refractivity contribution in [3.63, 3.8) is 0 Å². The van der Waals surface area contributed by atoms with Gasteiger partial charge in [0.05, 0.1) is 12.1 Å². The molecule has 1 aliphatic heterocycles. The number of nitrogens with one attached hydrogen (secondary N) is 1. The van der Waals surface area contributed by atoms with Crippen LogP contribution < -0.4 is 20.7 Å². The second-order valence-electron chi connectivity index (χ2n) is 5.86. The Morgan fingerprint density at radius 3 is 2.75 bits per heavy atom. The predicted octanol–water partition coefficient (Wildman–Crippen LogP) is 2.59. The molecule has 2 amide bonds. The van der Waals surface area contributed by atoms with Gasteiger partial charge in [0.25, 0.3) is 5.91 Å². The summed E-state index contributed by atoms with van der Waals surface area (Å²) in [5.41, 5.74) is 5.91. The Morgan fingerprint density at radius 2 is 2.11 bits per heavy atom. The molecule has 28 heavy (non-hydrogen) atoms. The van der Waals surface area contributed by atoms with E-state index in [1.807, 2.05) is 0 Å². The number of carbonyl (C=O) groups excluding carboxylic acids is 2. The highest BCUT2D eigenvalue weighted by atomic mass is 35.5. The van der Waals surface area contributed by atoms with Gasteiger partial charge in [0, 0.05) is 18.3 Å². The Kier molecular flexibility index (Phi) is 6.57. The summed E-state index contributed by atoms with van der Waals surface area (Å²) in [5, 5.41) is 2.59. The number of amides is 2. The lowest BCUT2D eigenvalue weighted by Gasteiger charge is -2.18. The summed E-state index contributed by atoms with van der Waals surface area (Å²) in [6.07, 6.45) is -3.26. The molecule has 1 atom stereocenters. The topological polar surface area (TPSA) is 97.8 Å². The summed E-state index contributed by atoms with van der Waals surface area (Å²) in [5.74, 6) is -0.906. The van der Waals surface area contributed by atoms with Crippen LogP contribution in [0, 0.1) is 0 Å². The minimum absolute atomic E-state index is 0. The van der Waals surface area contributed by atoms with E-state index in [0.717, 1.165) is 12.1 Å². The number of halogens is 4. The minimum Gasteiger partial charge on any atom is -0.467 e. The molecule has 1 aromatic heterocycles. The van der Waals surface area contributed by atoms with E-state index in [-0.39, 0.29) is 36.7 Å². The zero-order valence-electron chi connectivity index (χ0n) is 14.4. The standard InChI is InChI=1S/C17H16F3N3O4.ClH/c18-17(19,20)27-12-3-1-2-11(7-12)23-5-4-14(16(23)25)22-15(24)10-6-13(8-21)26-9-10;/h1-3,6-7,9,14H,4-5,8,21H2,(H,22,24);1H. The first-order valence-corrected chi connectivity index (χ1v) is 8.02. The summed E-state index contributed by atoms with van der Waals surface area (Å²) >= 11 is 0. The van der Waals surface area contributed by atoms with Gasteiger partial charge in [-0.25, -0.2) is 0 Å². The van der Waals surface area contributed by atoms with Gasteiger partial charge < -0.3 is 25.1 Å². The van der Waals surface area contributed by atoms with Crippen LogP contribution in [-0.4, -0.2) is 30.8 Å². The van der Waals surface area contributed by atoms with Gasteiger partial charge in [-0.1, -0.05) is 6.07 Å². The lowest BCUT2D eigenvalue weighted by molar-refractivity contribution is -0.274. The van der Waals surface area contributed by atoms with Gasteiger partial charge in [0.2, 0.25) is 5.91 Å². The smallest absolute Gasteiger partial charge is 0.467 e. The largest absolute Gasteiger partial charge is 0.573 e. The Labute approximate surface area is 164 Å². The van der Waals surface area contributed by atoms with E-state index in [2.05, 4.69) is 10.1 Å². The van der Waals surface area contributed by atoms with E-state index in [1.165, 1.54) is 29.4 Å². The van der Waals surface area contributed by atoms with Crippen LogP contribution >= 0.6 is 12.4 Å². The van der Waals surface area contributed by atoms with Crippen LogP contribution in [0.15, 0.2) is 41.0 Å². The lowest BCUT2D eigenvalue weighted by atomic mass is 10.2. The Bertz CT molecular complexity index is 856. The normalized spacial score (nSPS) is 16.6. The third-order valence-electron chi connectivity index (χ3n) is 3.99. The first-order chi connectivity index (χ1) is 12.8. The summed E-state index contributed by atoms with van der Waals surface area (Å²) in [4.78, 5) is 26.0. The number of hydrogen-bond donors (Lipinski definition) is 2. The summed E-state index contributed by atoms with van der Waals surface area (Å²) < 4.78 is 46.0. The molecule has 1 unspecified atom stereocenters. The van der Waals surface area contributed by atoms with Crippen LogP contribution in [0.25, 0.3) is 0 Å². The Hall–Kier alpha value is -2.72. The molecule has 1 aromatic carbocycles. The first-order valence-electron chi connectivity index (χ1n) is 8.02. The number of nitrogens with two attached hydrogens (primary N) is 1. The number of carbonyl (C=O) groups is 2. The zero-order valence-corrected chi connectivity index (χ0v) is 15.2. The first kappa shape index (κ1) is 21.6. The van der Waals surface area contributed by atoms with Gasteiger partial charge >= 0.3 is 6.36 Å². The van der Waals surface area contributed by atoms with Crippen molar-refractivity contribution in [2.24, 2.45) is 5.73 Å². The molecule has 1 aliphatic rings. The lowest BCUT2D eigenvalue weighted by Crippen LogP contribution is -2.41. The van der Waals surface area contributed by atoms with E-state index in [9.17, 15) is 22.8 Å². The molecule has 1 fully saturated rings. The summed E-state index contributed by atoms with van der Waals surface area (Å²) in [6.45, 7) is 0.387. The molecule has 0 radical (unpaired) electrons. The molecular weight excluding hydrogens is 403 g/mol. The van der Waals surface area contributed by atoms with Gasteiger partial charge in [-0.2, -0.15) is 0 Å². The van der Waals surface area contributed by atoms with Crippen LogP contribution in [0.2, 0.25) is 0 Å². The highest BCUT2D eigenvalue weighted by Gasteiger charge is 2.35. The fraction of sp³-hybridized carbons (Fsp3) is 0.294. The summed E-state index contributed by atoms with van der Waals surface area (Å²) in [6, 6.07) is 5.81. The number of benzene rings is 1.